The Morgan fingerprint density at radius 1 is 1.22 bits per heavy atom. The molecule has 1 aliphatic heterocycles. The number of nitrogens with one attached hydrogen (secondary N) is 2. The molecule has 1 aliphatic rings. The van der Waals surface area contributed by atoms with E-state index in [-0.39, 0.29) is 30.1 Å². The maximum absolute atomic E-state index is 5.75. The summed E-state index contributed by atoms with van der Waals surface area (Å²) in [4.78, 5) is 6.58. The van der Waals surface area contributed by atoms with Crippen LogP contribution in [0.15, 0.2) is 4.99 Å². The summed E-state index contributed by atoms with van der Waals surface area (Å²) in [6.07, 6.45) is 6.82. The van der Waals surface area contributed by atoms with Gasteiger partial charge in [-0.25, -0.2) is 0 Å². The molecule has 0 spiro atoms. The molecule has 6 heteroatoms. The lowest BCUT2D eigenvalue weighted by atomic mass is 10.0. The first-order valence-electron chi connectivity index (χ1n) is 8.86. The summed E-state index contributed by atoms with van der Waals surface area (Å²) in [6, 6.07) is 0. The van der Waals surface area contributed by atoms with Crippen LogP contribution < -0.4 is 10.6 Å². The molecule has 1 rings (SSSR count). The van der Waals surface area contributed by atoms with Crippen LogP contribution in [0.3, 0.4) is 0 Å². The van der Waals surface area contributed by atoms with Gasteiger partial charge in [-0.3, -0.25) is 4.99 Å². The molecular formula is C17H37IN4O. The number of unbranched alkanes of at least 4 members (excludes halogenated alkanes) is 3. The summed E-state index contributed by atoms with van der Waals surface area (Å²) in [5, 5.41) is 6.75. The summed E-state index contributed by atoms with van der Waals surface area (Å²) < 4.78 is 5.75. The first-order valence-corrected chi connectivity index (χ1v) is 8.86. The fraction of sp³-hybridized carbons (Fsp3) is 0.941. The average Bonchev–Trinajstić information content (AvgIpc) is 2.49. The zero-order valence-electron chi connectivity index (χ0n) is 15.4. The van der Waals surface area contributed by atoms with Gasteiger partial charge >= 0.3 is 0 Å². The van der Waals surface area contributed by atoms with Gasteiger partial charge in [0.1, 0.15) is 0 Å². The second-order valence-corrected chi connectivity index (χ2v) is 6.73. The van der Waals surface area contributed by atoms with Crippen LogP contribution in [-0.4, -0.2) is 63.8 Å². The van der Waals surface area contributed by atoms with Crippen LogP contribution in [0.25, 0.3) is 0 Å². The van der Waals surface area contributed by atoms with Crippen LogP contribution in [0.4, 0.5) is 0 Å². The van der Waals surface area contributed by atoms with E-state index in [1.54, 1.807) is 0 Å². The maximum Gasteiger partial charge on any atom is 0.191 e. The van der Waals surface area contributed by atoms with E-state index in [9.17, 15) is 0 Å². The number of hydrogen-bond acceptors (Lipinski definition) is 3. The van der Waals surface area contributed by atoms with Crippen LogP contribution in [0.5, 0.6) is 0 Å². The third kappa shape index (κ3) is 12.0. The Kier molecular flexibility index (Phi) is 14.2. The standard InChI is InChI=1S/C17H36N4O.HI/c1-15(2)9-7-5-6-8-10-19-17(18-3)20-13-16-14-21(4)11-12-22-16;/h15-16H,5-14H2,1-4H3,(H2,18,19,20);1H. The average molecular weight is 440 g/mol. The predicted molar refractivity (Wildman–Crippen MR) is 110 cm³/mol. The highest BCUT2D eigenvalue weighted by atomic mass is 127. The lowest BCUT2D eigenvalue weighted by molar-refractivity contribution is -0.0161. The summed E-state index contributed by atoms with van der Waals surface area (Å²) in [5.74, 6) is 1.72. The number of ether oxygens (including phenoxy) is 1. The smallest absolute Gasteiger partial charge is 0.191 e. The molecule has 1 atom stereocenters. The van der Waals surface area contributed by atoms with E-state index in [1.165, 1.54) is 32.1 Å². The van der Waals surface area contributed by atoms with E-state index in [2.05, 4.69) is 41.4 Å². The second-order valence-electron chi connectivity index (χ2n) is 6.73. The summed E-state index contributed by atoms with van der Waals surface area (Å²) in [7, 11) is 3.97. The minimum Gasteiger partial charge on any atom is -0.374 e. The SMILES string of the molecule is CN=C(NCCCCCCC(C)C)NCC1CN(C)CCO1.I. The highest BCUT2D eigenvalue weighted by molar-refractivity contribution is 14.0. The quantitative estimate of drug-likeness (QED) is 0.251. The highest BCUT2D eigenvalue weighted by Gasteiger charge is 2.17. The van der Waals surface area contributed by atoms with Gasteiger partial charge in [-0.1, -0.05) is 39.5 Å². The number of halogens is 1. The molecule has 138 valence electrons. The van der Waals surface area contributed by atoms with E-state index in [0.29, 0.717) is 0 Å². The maximum atomic E-state index is 5.75. The van der Waals surface area contributed by atoms with E-state index in [1.807, 2.05) is 7.05 Å². The van der Waals surface area contributed by atoms with Gasteiger partial charge in [0.15, 0.2) is 5.96 Å². The van der Waals surface area contributed by atoms with Crippen molar-refractivity contribution in [3.8, 4) is 0 Å². The van der Waals surface area contributed by atoms with Crippen molar-refractivity contribution in [3.05, 3.63) is 0 Å². The van der Waals surface area contributed by atoms with E-state index in [4.69, 9.17) is 4.74 Å². The van der Waals surface area contributed by atoms with Crippen LogP contribution in [0.2, 0.25) is 0 Å². The Hall–Kier alpha value is -0.0800. The normalized spacial score (nSPS) is 19.5. The number of guanidine groups is 1. The fourth-order valence-corrected chi connectivity index (χ4v) is 2.66. The van der Waals surface area contributed by atoms with E-state index < -0.39 is 0 Å². The summed E-state index contributed by atoms with van der Waals surface area (Å²) in [6.45, 7) is 9.24. The molecule has 0 aromatic heterocycles. The molecule has 0 bridgehead atoms. The van der Waals surface area contributed by atoms with Crippen molar-refractivity contribution in [1.82, 2.24) is 15.5 Å². The zero-order valence-corrected chi connectivity index (χ0v) is 17.8. The number of likely N-dealkylation sites (N-methyl/N-ethyl adjacent to an activating group) is 1. The second kappa shape index (κ2) is 14.3. The topological polar surface area (TPSA) is 48.9 Å². The molecular weight excluding hydrogens is 403 g/mol. The molecule has 2 N–H and O–H groups in total. The van der Waals surface area contributed by atoms with Crippen molar-refractivity contribution in [1.29, 1.82) is 0 Å². The van der Waals surface area contributed by atoms with Gasteiger partial charge in [0.25, 0.3) is 0 Å². The molecule has 23 heavy (non-hydrogen) atoms. The lowest BCUT2D eigenvalue weighted by Gasteiger charge is -2.30. The van der Waals surface area contributed by atoms with Crippen molar-refractivity contribution in [2.24, 2.45) is 10.9 Å². The van der Waals surface area contributed by atoms with Crippen LogP contribution in [-0.2, 0) is 4.74 Å². The van der Waals surface area contributed by atoms with E-state index in [0.717, 1.165) is 44.7 Å². The van der Waals surface area contributed by atoms with Crippen LogP contribution in [0, 0.1) is 5.92 Å². The lowest BCUT2D eigenvalue weighted by Crippen LogP contribution is -2.48. The van der Waals surface area contributed by atoms with E-state index >= 15 is 0 Å². The first kappa shape index (κ1) is 22.9. The van der Waals surface area contributed by atoms with Crippen molar-refractivity contribution >= 4 is 29.9 Å². The Balaban J connectivity index is 0.00000484. The van der Waals surface area contributed by atoms with Crippen molar-refractivity contribution in [2.75, 3.05) is 46.9 Å². The molecule has 1 saturated heterocycles. The van der Waals surface area contributed by atoms with Gasteiger partial charge < -0.3 is 20.3 Å². The Bertz CT molecular complexity index is 313. The monoisotopic (exact) mass is 440 g/mol. The van der Waals surface area contributed by atoms with Gasteiger partial charge in [0.2, 0.25) is 0 Å². The van der Waals surface area contributed by atoms with Crippen molar-refractivity contribution in [3.63, 3.8) is 0 Å². The number of rotatable bonds is 9. The van der Waals surface area contributed by atoms with Gasteiger partial charge in [-0.15, -0.1) is 24.0 Å². The van der Waals surface area contributed by atoms with Gasteiger partial charge in [0, 0.05) is 33.2 Å². The summed E-state index contributed by atoms with van der Waals surface area (Å²) in [5.41, 5.74) is 0. The molecule has 0 amide bonds. The van der Waals surface area contributed by atoms with Crippen LogP contribution in [0.1, 0.15) is 46.0 Å². The molecule has 1 fully saturated rings. The minimum absolute atomic E-state index is 0. The number of aliphatic imine (C=N–C) groups is 1. The van der Waals surface area contributed by atoms with Gasteiger partial charge in [-0.05, 0) is 19.4 Å². The molecule has 1 unspecified atom stereocenters. The third-order valence-electron chi connectivity index (χ3n) is 4.06. The molecule has 0 radical (unpaired) electrons. The third-order valence-corrected chi connectivity index (χ3v) is 4.06. The number of hydrogen-bond donors (Lipinski definition) is 2. The van der Waals surface area contributed by atoms with Gasteiger partial charge in [0.05, 0.1) is 12.7 Å². The Morgan fingerprint density at radius 3 is 2.61 bits per heavy atom. The minimum atomic E-state index is 0. The predicted octanol–water partition coefficient (Wildman–Crippen LogP) is 2.71. The molecule has 0 aliphatic carbocycles. The number of morpholine rings is 1. The molecule has 0 aromatic carbocycles. The Labute approximate surface area is 160 Å². The largest absolute Gasteiger partial charge is 0.374 e. The Morgan fingerprint density at radius 2 is 1.96 bits per heavy atom. The van der Waals surface area contributed by atoms with Crippen molar-refractivity contribution in [2.45, 2.75) is 52.1 Å². The molecule has 1 heterocycles. The fourth-order valence-electron chi connectivity index (χ4n) is 2.66. The first-order chi connectivity index (χ1) is 10.6. The molecule has 0 saturated carbocycles. The summed E-state index contributed by atoms with van der Waals surface area (Å²) >= 11 is 0. The zero-order chi connectivity index (χ0) is 16.2. The molecule has 0 aromatic rings. The van der Waals surface area contributed by atoms with Crippen LogP contribution >= 0.6 is 24.0 Å². The number of nitrogens with zero attached hydrogens (tertiary/aromatic N) is 2. The highest BCUT2D eigenvalue weighted by Crippen LogP contribution is 2.08. The van der Waals surface area contributed by atoms with Crippen molar-refractivity contribution < 1.29 is 4.74 Å². The molecule has 5 nitrogen and oxygen atoms in total. The van der Waals surface area contributed by atoms with Gasteiger partial charge in [-0.2, -0.15) is 0 Å².